The lowest BCUT2D eigenvalue weighted by atomic mass is 10.1. The number of amides is 1. The molecule has 1 atom stereocenters. The molecule has 1 amide bonds. The smallest absolute Gasteiger partial charge is 0.248 e. The minimum atomic E-state index is -0.367. The van der Waals surface area contributed by atoms with Crippen LogP contribution in [0, 0.1) is 0 Å². The summed E-state index contributed by atoms with van der Waals surface area (Å²) in [4.78, 5) is 14.7. The van der Waals surface area contributed by atoms with E-state index in [4.69, 9.17) is 0 Å². The van der Waals surface area contributed by atoms with Crippen molar-refractivity contribution in [2.45, 2.75) is 12.5 Å². The molecule has 1 unspecified atom stereocenters. The van der Waals surface area contributed by atoms with Gasteiger partial charge in [0, 0.05) is 35.5 Å². The zero-order valence-corrected chi connectivity index (χ0v) is 14.8. The molecule has 0 spiro atoms. The second-order valence-corrected chi connectivity index (χ2v) is 6.10. The van der Waals surface area contributed by atoms with Gasteiger partial charge in [0.25, 0.3) is 0 Å². The summed E-state index contributed by atoms with van der Waals surface area (Å²) in [7, 11) is 3.65. The van der Waals surface area contributed by atoms with Crippen molar-refractivity contribution in [2.75, 3.05) is 18.5 Å². The number of hydrogen-bond acceptors (Lipinski definition) is 3. The van der Waals surface area contributed by atoms with E-state index in [2.05, 4.69) is 32.4 Å². The van der Waals surface area contributed by atoms with Gasteiger partial charge in [-0.15, -0.1) is 12.4 Å². The fraction of sp³-hybridized carbons (Fsp3) is 0.333. The zero-order chi connectivity index (χ0) is 15.0. The van der Waals surface area contributed by atoms with Crippen LogP contribution in [0.15, 0.2) is 35.1 Å². The summed E-state index contributed by atoms with van der Waals surface area (Å²) >= 11 is 3.48. The Morgan fingerprint density at radius 1 is 1.45 bits per heavy atom. The number of carbonyl (C=O) groups excluding carboxylic acids is 1. The number of fused-ring (bicyclic) bond motifs is 1. The minimum Gasteiger partial charge on any atom is -0.310 e. The van der Waals surface area contributed by atoms with Gasteiger partial charge in [-0.1, -0.05) is 15.9 Å². The maximum atomic E-state index is 12.8. The summed E-state index contributed by atoms with van der Waals surface area (Å²) in [5, 5.41) is 7.25. The highest BCUT2D eigenvalue weighted by atomic mass is 79.9. The van der Waals surface area contributed by atoms with Crippen LogP contribution in [0.3, 0.4) is 0 Å². The Morgan fingerprint density at radius 2 is 2.23 bits per heavy atom. The lowest BCUT2D eigenvalue weighted by Gasteiger charge is -2.23. The third-order valence-electron chi connectivity index (χ3n) is 3.80. The first-order valence-corrected chi connectivity index (χ1v) is 7.65. The molecule has 3 rings (SSSR count). The van der Waals surface area contributed by atoms with Crippen molar-refractivity contribution in [1.29, 1.82) is 0 Å². The van der Waals surface area contributed by atoms with Crippen LogP contribution in [0.25, 0.3) is 0 Å². The Morgan fingerprint density at radius 3 is 2.86 bits per heavy atom. The van der Waals surface area contributed by atoms with Crippen molar-refractivity contribution in [3.8, 4) is 0 Å². The quantitative estimate of drug-likeness (QED) is 0.883. The highest BCUT2D eigenvalue weighted by molar-refractivity contribution is 9.10. The third-order valence-corrected chi connectivity index (χ3v) is 4.29. The first-order chi connectivity index (χ1) is 10.1. The Hall–Kier alpha value is -1.37. The molecule has 2 aromatic rings. The number of hydrogen-bond donors (Lipinski definition) is 1. The first kappa shape index (κ1) is 17.0. The molecule has 2 heterocycles. The summed E-state index contributed by atoms with van der Waals surface area (Å²) in [5.74, 6) is 0.0616. The van der Waals surface area contributed by atoms with Crippen LogP contribution < -0.4 is 10.2 Å². The molecule has 0 radical (unpaired) electrons. The molecule has 118 valence electrons. The van der Waals surface area contributed by atoms with Gasteiger partial charge in [0.15, 0.2) is 0 Å². The highest BCUT2D eigenvalue weighted by Crippen LogP contribution is 2.32. The molecule has 1 N–H and O–H groups in total. The molecular weight excluding hydrogens is 368 g/mol. The molecule has 5 nitrogen and oxygen atoms in total. The van der Waals surface area contributed by atoms with Crippen molar-refractivity contribution in [3.05, 3.63) is 46.2 Å². The van der Waals surface area contributed by atoms with E-state index in [1.807, 2.05) is 30.3 Å². The summed E-state index contributed by atoms with van der Waals surface area (Å²) in [6.07, 6.45) is 4.50. The van der Waals surface area contributed by atoms with Gasteiger partial charge in [0.2, 0.25) is 5.91 Å². The molecule has 1 aromatic carbocycles. The van der Waals surface area contributed by atoms with Crippen molar-refractivity contribution in [3.63, 3.8) is 0 Å². The molecule has 1 aliphatic heterocycles. The number of nitrogens with zero attached hydrogens (tertiary/aromatic N) is 3. The van der Waals surface area contributed by atoms with E-state index in [-0.39, 0.29) is 24.4 Å². The summed E-state index contributed by atoms with van der Waals surface area (Å²) in [6.45, 7) is 0.725. The normalized spacial score (nSPS) is 14.4. The highest BCUT2D eigenvalue weighted by Gasteiger charge is 2.30. The Bertz CT molecular complexity index is 688. The molecule has 0 bridgehead atoms. The van der Waals surface area contributed by atoms with Crippen LogP contribution in [0.5, 0.6) is 0 Å². The molecule has 1 aliphatic rings. The molecule has 0 aliphatic carbocycles. The van der Waals surface area contributed by atoms with E-state index in [0.29, 0.717) is 0 Å². The second-order valence-electron chi connectivity index (χ2n) is 5.18. The number of carbonyl (C=O) groups is 1. The Balaban J connectivity index is 0.00000176. The van der Waals surface area contributed by atoms with Gasteiger partial charge in [-0.05, 0) is 37.2 Å². The van der Waals surface area contributed by atoms with E-state index >= 15 is 0 Å². The summed E-state index contributed by atoms with van der Waals surface area (Å²) in [6, 6.07) is 5.69. The average Bonchev–Trinajstić information content (AvgIpc) is 3.05. The number of nitrogens with one attached hydrogen (secondary N) is 1. The van der Waals surface area contributed by atoms with Crippen LogP contribution in [-0.2, 0) is 18.3 Å². The fourth-order valence-corrected chi connectivity index (χ4v) is 3.19. The van der Waals surface area contributed by atoms with Gasteiger partial charge >= 0.3 is 0 Å². The van der Waals surface area contributed by atoms with E-state index < -0.39 is 0 Å². The van der Waals surface area contributed by atoms with Crippen LogP contribution in [0.4, 0.5) is 5.69 Å². The first-order valence-electron chi connectivity index (χ1n) is 6.86. The Kier molecular flexibility index (Phi) is 5.26. The number of benzene rings is 1. The molecule has 22 heavy (non-hydrogen) atoms. The standard InChI is InChI=1S/C15H17BrN4O.ClH/c1-17-14(11-8-18-19(2)9-11)15(21)20-6-5-10-7-12(16)3-4-13(10)20;/h3-4,7-9,14,17H,5-6H2,1-2H3;1H. The largest absolute Gasteiger partial charge is 0.310 e. The van der Waals surface area contributed by atoms with E-state index in [0.717, 1.165) is 28.7 Å². The summed E-state index contributed by atoms with van der Waals surface area (Å²) < 4.78 is 2.76. The minimum absolute atomic E-state index is 0. The maximum absolute atomic E-state index is 12.8. The maximum Gasteiger partial charge on any atom is 0.248 e. The van der Waals surface area contributed by atoms with Gasteiger partial charge in [-0.25, -0.2) is 0 Å². The number of aryl methyl sites for hydroxylation is 1. The Labute approximate surface area is 144 Å². The van der Waals surface area contributed by atoms with Gasteiger partial charge in [0.1, 0.15) is 6.04 Å². The summed E-state index contributed by atoms with van der Waals surface area (Å²) in [5.41, 5.74) is 3.10. The third kappa shape index (κ3) is 3.04. The predicted molar refractivity (Wildman–Crippen MR) is 92.5 cm³/mol. The number of anilines is 1. The number of aromatic nitrogens is 2. The van der Waals surface area contributed by atoms with Crippen LogP contribution in [0.2, 0.25) is 0 Å². The van der Waals surface area contributed by atoms with Gasteiger partial charge < -0.3 is 10.2 Å². The fourth-order valence-electron chi connectivity index (χ4n) is 2.78. The number of likely N-dealkylation sites (N-methyl/N-ethyl adjacent to an activating group) is 1. The van der Waals surface area contributed by atoms with Gasteiger partial charge in [-0.2, -0.15) is 5.10 Å². The lowest BCUT2D eigenvalue weighted by molar-refractivity contribution is -0.120. The van der Waals surface area contributed by atoms with Crippen molar-refractivity contribution in [2.24, 2.45) is 7.05 Å². The lowest BCUT2D eigenvalue weighted by Crippen LogP contribution is -2.38. The molecule has 7 heteroatoms. The van der Waals surface area contributed by atoms with Crippen LogP contribution >= 0.6 is 28.3 Å². The molecule has 0 saturated carbocycles. The molecule has 0 saturated heterocycles. The van der Waals surface area contributed by atoms with Gasteiger partial charge in [-0.3, -0.25) is 9.48 Å². The van der Waals surface area contributed by atoms with Crippen LogP contribution in [-0.4, -0.2) is 29.3 Å². The van der Waals surface area contributed by atoms with Crippen molar-refractivity contribution in [1.82, 2.24) is 15.1 Å². The number of rotatable bonds is 3. The van der Waals surface area contributed by atoms with Crippen LogP contribution in [0.1, 0.15) is 17.2 Å². The molecular formula is C15H18BrClN4O. The van der Waals surface area contributed by atoms with Gasteiger partial charge in [0.05, 0.1) is 6.20 Å². The van der Waals surface area contributed by atoms with Crippen molar-refractivity contribution >= 4 is 39.9 Å². The zero-order valence-electron chi connectivity index (χ0n) is 12.4. The van der Waals surface area contributed by atoms with E-state index in [9.17, 15) is 4.79 Å². The van der Waals surface area contributed by atoms with Crippen molar-refractivity contribution < 1.29 is 4.79 Å². The number of halogens is 2. The predicted octanol–water partition coefficient (Wildman–Crippen LogP) is 2.45. The SMILES string of the molecule is CNC(C(=O)N1CCc2cc(Br)ccc21)c1cnn(C)c1.Cl. The average molecular weight is 386 g/mol. The van der Waals surface area contributed by atoms with E-state index in [1.54, 1.807) is 17.9 Å². The topological polar surface area (TPSA) is 50.2 Å². The second kappa shape index (κ2) is 6.81. The molecule has 1 aromatic heterocycles. The molecule has 0 fully saturated rings. The van der Waals surface area contributed by atoms with E-state index in [1.165, 1.54) is 5.56 Å². The monoisotopic (exact) mass is 384 g/mol.